The number of nitrogens with zero attached hydrogens (tertiary/aromatic N) is 2. The summed E-state index contributed by atoms with van der Waals surface area (Å²) >= 11 is 3.46. The summed E-state index contributed by atoms with van der Waals surface area (Å²) in [6.07, 6.45) is 0. The highest BCUT2D eigenvalue weighted by Gasteiger charge is 2.18. The Balaban J connectivity index is 2.03. The summed E-state index contributed by atoms with van der Waals surface area (Å²) < 4.78 is 0.995. The van der Waals surface area contributed by atoms with Crippen LogP contribution in [-0.2, 0) is 4.79 Å². The van der Waals surface area contributed by atoms with E-state index in [-0.39, 0.29) is 5.91 Å². The number of likely N-dealkylation sites (N-methyl/N-ethyl adjacent to an activating group) is 1. The van der Waals surface area contributed by atoms with Crippen molar-refractivity contribution >= 4 is 27.5 Å². The second-order valence-corrected chi connectivity index (χ2v) is 5.83. The number of rotatable bonds is 3. The molecule has 0 bridgehead atoms. The topological polar surface area (TPSA) is 35.6 Å². The van der Waals surface area contributed by atoms with Crippen LogP contribution in [0.25, 0.3) is 0 Å². The molecule has 0 aliphatic carbocycles. The van der Waals surface area contributed by atoms with E-state index in [4.69, 9.17) is 0 Å². The molecule has 1 N–H and O–H groups in total. The molecular weight excluding hydrogens is 306 g/mol. The van der Waals surface area contributed by atoms with E-state index < -0.39 is 0 Å². The maximum absolute atomic E-state index is 12.3. The normalized spacial score (nSPS) is 16.4. The van der Waals surface area contributed by atoms with Gasteiger partial charge in [-0.3, -0.25) is 9.69 Å². The number of anilines is 1. The van der Waals surface area contributed by atoms with Crippen LogP contribution in [-0.4, -0.2) is 50.6 Å². The van der Waals surface area contributed by atoms with Crippen LogP contribution < -0.4 is 10.2 Å². The maximum atomic E-state index is 12.3. The number of amides is 1. The standard InChI is InChI=1S/C14H20BrN3O/c1-11-3-4-12(15)9-13(11)17(2)14(19)10-18-7-5-16-6-8-18/h3-4,9,16H,5-8,10H2,1-2H3. The predicted octanol–water partition coefficient (Wildman–Crippen LogP) is 1.63. The Morgan fingerprint density at radius 2 is 2.11 bits per heavy atom. The van der Waals surface area contributed by atoms with Crippen molar-refractivity contribution in [3.8, 4) is 0 Å². The van der Waals surface area contributed by atoms with E-state index in [0.717, 1.165) is 41.9 Å². The van der Waals surface area contributed by atoms with Gasteiger partial charge in [0, 0.05) is 43.4 Å². The molecule has 1 aliphatic heterocycles. The van der Waals surface area contributed by atoms with Gasteiger partial charge in [0.25, 0.3) is 0 Å². The molecule has 0 saturated carbocycles. The summed E-state index contributed by atoms with van der Waals surface area (Å²) in [5.41, 5.74) is 2.08. The summed E-state index contributed by atoms with van der Waals surface area (Å²) in [5.74, 6) is 0.142. The molecule has 1 aromatic rings. The van der Waals surface area contributed by atoms with Crippen LogP contribution in [0.15, 0.2) is 22.7 Å². The van der Waals surface area contributed by atoms with Gasteiger partial charge in [-0.05, 0) is 24.6 Å². The SMILES string of the molecule is Cc1ccc(Br)cc1N(C)C(=O)CN1CCNCC1. The van der Waals surface area contributed by atoms with E-state index in [0.29, 0.717) is 6.54 Å². The van der Waals surface area contributed by atoms with Crippen molar-refractivity contribution in [3.63, 3.8) is 0 Å². The second kappa shape index (κ2) is 6.50. The molecule has 0 spiro atoms. The molecule has 1 saturated heterocycles. The van der Waals surface area contributed by atoms with Crippen molar-refractivity contribution in [2.75, 3.05) is 44.7 Å². The first-order valence-electron chi connectivity index (χ1n) is 6.53. The van der Waals surface area contributed by atoms with Crippen LogP contribution in [0, 0.1) is 6.92 Å². The molecule has 0 radical (unpaired) electrons. The van der Waals surface area contributed by atoms with Gasteiger partial charge in [0.2, 0.25) is 5.91 Å². The fraction of sp³-hybridized carbons (Fsp3) is 0.500. The van der Waals surface area contributed by atoms with Crippen molar-refractivity contribution in [1.82, 2.24) is 10.2 Å². The lowest BCUT2D eigenvalue weighted by atomic mass is 10.2. The third-order valence-electron chi connectivity index (χ3n) is 3.48. The Morgan fingerprint density at radius 1 is 1.42 bits per heavy atom. The van der Waals surface area contributed by atoms with E-state index in [1.807, 2.05) is 32.2 Å². The number of piperazine rings is 1. The summed E-state index contributed by atoms with van der Waals surface area (Å²) in [6.45, 7) is 6.33. The molecule has 0 aromatic heterocycles. The Kier molecular flexibility index (Phi) is 4.96. The summed E-state index contributed by atoms with van der Waals surface area (Å²) in [4.78, 5) is 16.3. The molecule has 1 aromatic carbocycles. The van der Waals surface area contributed by atoms with Crippen LogP contribution in [0.5, 0.6) is 0 Å². The van der Waals surface area contributed by atoms with Crippen molar-refractivity contribution in [3.05, 3.63) is 28.2 Å². The first-order valence-corrected chi connectivity index (χ1v) is 7.33. The van der Waals surface area contributed by atoms with Crippen LogP contribution in [0.4, 0.5) is 5.69 Å². The fourth-order valence-corrected chi connectivity index (χ4v) is 2.59. The van der Waals surface area contributed by atoms with Gasteiger partial charge in [0.15, 0.2) is 0 Å². The highest BCUT2D eigenvalue weighted by Crippen LogP contribution is 2.23. The highest BCUT2D eigenvalue weighted by atomic mass is 79.9. The minimum Gasteiger partial charge on any atom is -0.314 e. The van der Waals surface area contributed by atoms with Gasteiger partial charge >= 0.3 is 0 Å². The minimum absolute atomic E-state index is 0.142. The predicted molar refractivity (Wildman–Crippen MR) is 81.6 cm³/mol. The maximum Gasteiger partial charge on any atom is 0.240 e. The summed E-state index contributed by atoms with van der Waals surface area (Å²) in [7, 11) is 1.85. The first kappa shape index (κ1) is 14.5. The monoisotopic (exact) mass is 325 g/mol. The van der Waals surface area contributed by atoms with E-state index in [2.05, 4.69) is 26.1 Å². The summed E-state index contributed by atoms with van der Waals surface area (Å²) in [6, 6.07) is 6.01. The Labute approximate surface area is 122 Å². The number of hydrogen-bond donors (Lipinski definition) is 1. The minimum atomic E-state index is 0.142. The zero-order chi connectivity index (χ0) is 13.8. The highest BCUT2D eigenvalue weighted by molar-refractivity contribution is 9.10. The largest absolute Gasteiger partial charge is 0.314 e. The number of aryl methyl sites for hydroxylation is 1. The number of carbonyl (C=O) groups excluding carboxylic acids is 1. The lowest BCUT2D eigenvalue weighted by Crippen LogP contribution is -2.48. The molecular formula is C14H20BrN3O. The molecule has 5 heteroatoms. The van der Waals surface area contributed by atoms with Crippen LogP contribution in [0.2, 0.25) is 0 Å². The molecule has 104 valence electrons. The average Bonchev–Trinajstić information content (AvgIpc) is 2.42. The molecule has 19 heavy (non-hydrogen) atoms. The first-order chi connectivity index (χ1) is 9.08. The third-order valence-corrected chi connectivity index (χ3v) is 3.97. The number of carbonyl (C=O) groups is 1. The van der Waals surface area contributed by atoms with Crippen LogP contribution in [0.1, 0.15) is 5.56 Å². The number of nitrogens with one attached hydrogen (secondary N) is 1. The van der Waals surface area contributed by atoms with Gasteiger partial charge in [-0.2, -0.15) is 0 Å². The Bertz CT molecular complexity index is 458. The van der Waals surface area contributed by atoms with E-state index in [9.17, 15) is 4.79 Å². The Morgan fingerprint density at radius 3 is 2.79 bits per heavy atom. The van der Waals surface area contributed by atoms with E-state index in [1.165, 1.54) is 0 Å². The quantitative estimate of drug-likeness (QED) is 0.917. The number of hydrogen-bond acceptors (Lipinski definition) is 3. The molecule has 0 atom stereocenters. The molecule has 2 rings (SSSR count). The number of benzene rings is 1. The molecule has 1 amide bonds. The second-order valence-electron chi connectivity index (χ2n) is 4.91. The zero-order valence-corrected chi connectivity index (χ0v) is 13.0. The van der Waals surface area contributed by atoms with Crippen molar-refractivity contribution in [2.45, 2.75) is 6.92 Å². The van der Waals surface area contributed by atoms with Gasteiger partial charge in [-0.15, -0.1) is 0 Å². The van der Waals surface area contributed by atoms with Gasteiger partial charge in [-0.25, -0.2) is 0 Å². The van der Waals surface area contributed by atoms with Crippen molar-refractivity contribution < 1.29 is 4.79 Å². The molecule has 1 fully saturated rings. The zero-order valence-electron chi connectivity index (χ0n) is 11.4. The summed E-state index contributed by atoms with van der Waals surface area (Å²) in [5, 5.41) is 3.29. The molecule has 0 unspecified atom stereocenters. The molecule has 4 nitrogen and oxygen atoms in total. The molecule has 1 heterocycles. The van der Waals surface area contributed by atoms with Crippen molar-refractivity contribution in [2.24, 2.45) is 0 Å². The van der Waals surface area contributed by atoms with Gasteiger partial charge < -0.3 is 10.2 Å². The van der Waals surface area contributed by atoms with Gasteiger partial charge in [0.05, 0.1) is 6.54 Å². The van der Waals surface area contributed by atoms with Gasteiger partial charge in [-0.1, -0.05) is 22.0 Å². The fourth-order valence-electron chi connectivity index (χ4n) is 2.24. The third kappa shape index (κ3) is 3.78. The van der Waals surface area contributed by atoms with Crippen LogP contribution >= 0.6 is 15.9 Å². The Hall–Kier alpha value is -0.910. The van der Waals surface area contributed by atoms with Gasteiger partial charge in [0.1, 0.15) is 0 Å². The number of halogens is 1. The average molecular weight is 326 g/mol. The van der Waals surface area contributed by atoms with E-state index >= 15 is 0 Å². The molecule has 1 aliphatic rings. The van der Waals surface area contributed by atoms with E-state index in [1.54, 1.807) is 4.90 Å². The smallest absolute Gasteiger partial charge is 0.240 e. The lowest BCUT2D eigenvalue weighted by molar-refractivity contribution is -0.119. The lowest BCUT2D eigenvalue weighted by Gasteiger charge is -2.29. The van der Waals surface area contributed by atoms with Crippen molar-refractivity contribution in [1.29, 1.82) is 0 Å². The van der Waals surface area contributed by atoms with Crippen LogP contribution in [0.3, 0.4) is 0 Å².